The number of hydrogen-bond acceptors (Lipinski definition) is 3. The van der Waals surface area contributed by atoms with E-state index in [0.29, 0.717) is 15.5 Å². The summed E-state index contributed by atoms with van der Waals surface area (Å²) in [5.41, 5.74) is 1.56. The molecule has 1 atom stereocenters. The lowest BCUT2D eigenvalue weighted by Crippen LogP contribution is -2.11. The molecule has 1 heterocycles. The van der Waals surface area contributed by atoms with E-state index < -0.39 is 5.92 Å². The zero-order valence-corrected chi connectivity index (χ0v) is 12.0. The molecule has 19 heavy (non-hydrogen) atoms. The third kappa shape index (κ3) is 2.70. The van der Waals surface area contributed by atoms with Gasteiger partial charge in [0.1, 0.15) is 5.92 Å². The van der Waals surface area contributed by atoms with Crippen LogP contribution in [-0.2, 0) is 6.42 Å². The standard InChI is InChI=1S/C15H12ClNOS/c1-2-10-7-8-19-15(10)14(18)12(9-17)11-5-3-4-6-13(11)16/h3-8,12H,2H2,1H3. The minimum atomic E-state index is -0.836. The highest BCUT2D eigenvalue weighted by atomic mass is 35.5. The van der Waals surface area contributed by atoms with Crippen LogP contribution in [0.25, 0.3) is 0 Å². The highest BCUT2D eigenvalue weighted by molar-refractivity contribution is 7.12. The Morgan fingerprint density at radius 1 is 1.42 bits per heavy atom. The van der Waals surface area contributed by atoms with Gasteiger partial charge >= 0.3 is 0 Å². The number of aryl methyl sites for hydroxylation is 1. The second-order valence-electron chi connectivity index (χ2n) is 4.08. The molecule has 96 valence electrons. The summed E-state index contributed by atoms with van der Waals surface area (Å²) in [5.74, 6) is -1.000. The van der Waals surface area contributed by atoms with Crippen LogP contribution in [0.3, 0.4) is 0 Å². The smallest absolute Gasteiger partial charge is 0.194 e. The maximum absolute atomic E-state index is 12.5. The van der Waals surface area contributed by atoms with E-state index in [0.717, 1.165) is 12.0 Å². The highest BCUT2D eigenvalue weighted by Gasteiger charge is 2.26. The Morgan fingerprint density at radius 2 is 2.16 bits per heavy atom. The molecule has 2 rings (SSSR count). The van der Waals surface area contributed by atoms with Crippen molar-refractivity contribution in [2.24, 2.45) is 0 Å². The van der Waals surface area contributed by atoms with E-state index in [1.165, 1.54) is 11.3 Å². The fraction of sp³-hybridized carbons (Fsp3) is 0.200. The van der Waals surface area contributed by atoms with Crippen molar-refractivity contribution in [2.45, 2.75) is 19.3 Å². The quantitative estimate of drug-likeness (QED) is 0.780. The summed E-state index contributed by atoms with van der Waals surface area (Å²) in [6, 6.07) is 11.0. The minimum Gasteiger partial charge on any atom is -0.291 e. The monoisotopic (exact) mass is 289 g/mol. The predicted octanol–water partition coefficient (Wildman–Crippen LogP) is 4.45. The zero-order chi connectivity index (χ0) is 13.8. The van der Waals surface area contributed by atoms with Crippen LogP contribution in [0.4, 0.5) is 0 Å². The molecule has 2 nitrogen and oxygen atoms in total. The van der Waals surface area contributed by atoms with Crippen molar-refractivity contribution in [3.8, 4) is 6.07 Å². The van der Waals surface area contributed by atoms with Crippen molar-refractivity contribution in [2.75, 3.05) is 0 Å². The first kappa shape index (κ1) is 13.8. The van der Waals surface area contributed by atoms with E-state index in [1.807, 2.05) is 18.4 Å². The number of thiophene rings is 1. The van der Waals surface area contributed by atoms with Crippen LogP contribution >= 0.6 is 22.9 Å². The molecule has 0 aliphatic rings. The molecule has 0 aliphatic heterocycles. The average molecular weight is 290 g/mol. The number of nitriles is 1. The summed E-state index contributed by atoms with van der Waals surface area (Å²) < 4.78 is 0. The summed E-state index contributed by atoms with van der Waals surface area (Å²) >= 11 is 7.46. The largest absolute Gasteiger partial charge is 0.291 e. The Bertz CT molecular complexity index is 642. The number of Topliss-reactive ketones (excluding diaryl/α,β-unsaturated/α-hetero) is 1. The second-order valence-corrected chi connectivity index (χ2v) is 5.40. The van der Waals surface area contributed by atoms with Gasteiger partial charge in [-0.25, -0.2) is 0 Å². The van der Waals surface area contributed by atoms with Gasteiger partial charge in [-0.15, -0.1) is 11.3 Å². The number of halogens is 1. The summed E-state index contributed by atoms with van der Waals surface area (Å²) in [7, 11) is 0. The molecule has 0 saturated carbocycles. The number of carbonyl (C=O) groups excluding carboxylic acids is 1. The fourth-order valence-electron chi connectivity index (χ4n) is 1.94. The van der Waals surface area contributed by atoms with Crippen LogP contribution < -0.4 is 0 Å². The van der Waals surface area contributed by atoms with Crippen LogP contribution in [0.1, 0.15) is 33.6 Å². The van der Waals surface area contributed by atoms with Crippen molar-refractivity contribution in [1.29, 1.82) is 5.26 Å². The van der Waals surface area contributed by atoms with Crippen LogP contribution in [0, 0.1) is 11.3 Å². The van der Waals surface area contributed by atoms with Gasteiger partial charge in [0.15, 0.2) is 5.78 Å². The second kappa shape index (κ2) is 6.01. The van der Waals surface area contributed by atoms with E-state index in [2.05, 4.69) is 6.07 Å². The van der Waals surface area contributed by atoms with E-state index in [9.17, 15) is 10.1 Å². The molecular formula is C15H12ClNOS. The maximum Gasteiger partial charge on any atom is 0.194 e. The molecule has 0 saturated heterocycles. The summed E-state index contributed by atoms with van der Waals surface area (Å²) in [4.78, 5) is 13.2. The number of benzene rings is 1. The Hall–Kier alpha value is -1.63. The summed E-state index contributed by atoms with van der Waals surface area (Å²) in [6.07, 6.45) is 0.783. The van der Waals surface area contributed by atoms with Gasteiger partial charge in [0.25, 0.3) is 0 Å². The number of ketones is 1. The van der Waals surface area contributed by atoms with E-state index in [-0.39, 0.29) is 5.78 Å². The van der Waals surface area contributed by atoms with Crippen molar-refractivity contribution < 1.29 is 4.79 Å². The van der Waals surface area contributed by atoms with Gasteiger partial charge < -0.3 is 0 Å². The summed E-state index contributed by atoms with van der Waals surface area (Å²) in [6.45, 7) is 2.00. The van der Waals surface area contributed by atoms with Crippen LogP contribution in [0.15, 0.2) is 35.7 Å². The lowest BCUT2D eigenvalue weighted by atomic mass is 9.93. The number of hydrogen-bond donors (Lipinski definition) is 0. The van der Waals surface area contributed by atoms with Gasteiger partial charge in [-0.2, -0.15) is 5.26 Å². The topological polar surface area (TPSA) is 40.9 Å². The first-order chi connectivity index (χ1) is 9.19. The Balaban J connectivity index is 2.42. The van der Waals surface area contributed by atoms with Crippen molar-refractivity contribution in [1.82, 2.24) is 0 Å². The molecule has 0 radical (unpaired) electrons. The Morgan fingerprint density at radius 3 is 2.79 bits per heavy atom. The molecule has 0 aliphatic carbocycles. The number of nitrogens with zero attached hydrogens (tertiary/aromatic N) is 1. The lowest BCUT2D eigenvalue weighted by Gasteiger charge is -2.10. The van der Waals surface area contributed by atoms with Gasteiger partial charge in [0.2, 0.25) is 0 Å². The summed E-state index contributed by atoms with van der Waals surface area (Å²) in [5, 5.41) is 11.6. The third-order valence-electron chi connectivity index (χ3n) is 2.96. The van der Waals surface area contributed by atoms with Crippen LogP contribution in [-0.4, -0.2) is 5.78 Å². The van der Waals surface area contributed by atoms with Crippen LogP contribution in [0.5, 0.6) is 0 Å². The predicted molar refractivity (Wildman–Crippen MR) is 77.8 cm³/mol. The van der Waals surface area contributed by atoms with Gasteiger partial charge in [-0.1, -0.05) is 36.7 Å². The van der Waals surface area contributed by atoms with Gasteiger partial charge in [0, 0.05) is 5.02 Å². The van der Waals surface area contributed by atoms with Crippen molar-refractivity contribution in [3.05, 3.63) is 56.7 Å². The Labute approximate surface area is 121 Å². The molecule has 0 spiro atoms. The maximum atomic E-state index is 12.5. The number of rotatable bonds is 4. The minimum absolute atomic E-state index is 0.164. The third-order valence-corrected chi connectivity index (χ3v) is 4.27. The SMILES string of the molecule is CCc1ccsc1C(=O)C(C#N)c1ccccc1Cl. The zero-order valence-electron chi connectivity index (χ0n) is 10.4. The molecule has 0 bridgehead atoms. The van der Waals surface area contributed by atoms with Crippen molar-refractivity contribution in [3.63, 3.8) is 0 Å². The first-order valence-electron chi connectivity index (χ1n) is 5.93. The highest BCUT2D eigenvalue weighted by Crippen LogP contribution is 2.30. The van der Waals surface area contributed by atoms with E-state index in [1.54, 1.807) is 24.3 Å². The molecule has 4 heteroatoms. The van der Waals surface area contributed by atoms with Gasteiger partial charge in [-0.3, -0.25) is 4.79 Å². The fourth-order valence-corrected chi connectivity index (χ4v) is 3.15. The van der Waals surface area contributed by atoms with E-state index >= 15 is 0 Å². The molecule has 1 aromatic carbocycles. The molecule has 1 unspecified atom stereocenters. The van der Waals surface area contributed by atoms with Crippen molar-refractivity contribution >= 4 is 28.7 Å². The number of carbonyl (C=O) groups is 1. The molecule has 2 aromatic rings. The Kier molecular flexibility index (Phi) is 4.36. The molecule has 1 aromatic heterocycles. The molecular weight excluding hydrogens is 278 g/mol. The lowest BCUT2D eigenvalue weighted by molar-refractivity contribution is 0.0982. The first-order valence-corrected chi connectivity index (χ1v) is 7.19. The molecule has 0 fully saturated rings. The van der Waals surface area contributed by atoms with Gasteiger partial charge in [0.05, 0.1) is 10.9 Å². The molecule has 0 N–H and O–H groups in total. The van der Waals surface area contributed by atoms with Gasteiger partial charge in [-0.05, 0) is 35.1 Å². The normalized spacial score (nSPS) is 11.8. The van der Waals surface area contributed by atoms with E-state index in [4.69, 9.17) is 11.6 Å². The average Bonchev–Trinajstić information content (AvgIpc) is 2.89. The molecule has 0 amide bonds. The van der Waals surface area contributed by atoms with Crippen LogP contribution in [0.2, 0.25) is 5.02 Å².